The highest BCUT2D eigenvalue weighted by Crippen LogP contribution is 2.24. The third-order valence-electron chi connectivity index (χ3n) is 5.90. The van der Waals surface area contributed by atoms with Gasteiger partial charge in [-0.25, -0.2) is 8.42 Å². The number of hydrogen-bond acceptors (Lipinski definition) is 7. The molecule has 4 rings (SSSR count). The first kappa shape index (κ1) is 25.5. The van der Waals surface area contributed by atoms with Crippen LogP contribution in [0.1, 0.15) is 23.2 Å². The second-order valence-corrected chi connectivity index (χ2v) is 11.3. The SMILES string of the molecule is COCCn1c(=NC(=O)c2ccc(S(=O)(=O)N(C)CC3CCCO3)cc2)sc2cc(OC)ccc21. The first-order valence-corrected chi connectivity index (χ1v) is 13.5. The van der Waals surface area contributed by atoms with Crippen LogP contribution in [0.25, 0.3) is 10.2 Å². The summed E-state index contributed by atoms with van der Waals surface area (Å²) in [6.07, 6.45) is 1.71. The number of fused-ring (bicyclic) bond motifs is 1. The smallest absolute Gasteiger partial charge is 0.279 e. The lowest BCUT2D eigenvalue weighted by molar-refractivity contribution is 0.0979. The van der Waals surface area contributed by atoms with Gasteiger partial charge in [0, 0.05) is 39.4 Å². The highest BCUT2D eigenvalue weighted by molar-refractivity contribution is 7.89. The van der Waals surface area contributed by atoms with Crippen LogP contribution in [0.3, 0.4) is 0 Å². The molecule has 0 N–H and O–H groups in total. The predicted octanol–water partition coefficient (Wildman–Crippen LogP) is 2.90. The van der Waals surface area contributed by atoms with Gasteiger partial charge in [-0.15, -0.1) is 0 Å². The molecule has 1 aliphatic heterocycles. The molecule has 2 aromatic carbocycles. The van der Waals surface area contributed by atoms with E-state index in [9.17, 15) is 13.2 Å². The van der Waals surface area contributed by atoms with Gasteiger partial charge in [0.2, 0.25) is 10.0 Å². The number of sulfonamides is 1. The largest absolute Gasteiger partial charge is 0.497 e. The van der Waals surface area contributed by atoms with Gasteiger partial charge >= 0.3 is 0 Å². The Balaban J connectivity index is 1.59. The van der Waals surface area contributed by atoms with E-state index in [1.54, 1.807) is 21.3 Å². The standard InChI is InChI=1S/C24H29N3O6S2/c1-26(16-19-5-4-13-33-19)35(29,30)20-9-6-17(7-10-20)23(28)25-24-27(12-14-31-2)21-11-8-18(32-3)15-22(21)34-24/h6-11,15,19H,4-5,12-14,16H2,1-3H3. The summed E-state index contributed by atoms with van der Waals surface area (Å²) < 4.78 is 46.1. The molecule has 0 radical (unpaired) electrons. The number of rotatable bonds is 9. The number of methoxy groups -OCH3 is 2. The van der Waals surface area contributed by atoms with Crippen LogP contribution < -0.4 is 9.54 Å². The average Bonchev–Trinajstić information content (AvgIpc) is 3.49. The maximum absolute atomic E-state index is 13.0. The highest BCUT2D eigenvalue weighted by atomic mass is 32.2. The molecule has 1 unspecified atom stereocenters. The Morgan fingerprint density at radius 1 is 1.23 bits per heavy atom. The van der Waals surface area contributed by atoms with Gasteiger partial charge in [0.05, 0.1) is 34.9 Å². The molecule has 0 aliphatic carbocycles. The van der Waals surface area contributed by atoms with Crippen LogP contribution in [0.4, 0.5) is 0 Å². The quantitative estimate of drug-likeness (QED) is 0.431. The molecule has 0 saturated carbocycles. The molecular formula is C24H29N3O6S2. The monoisotopic (exact) mass is 519 g/mol. The van der Waals surface area contributed by atoms with Gasteiger partial charge in [0.25, 0.3) is 5.91 Å². The number of ether oxygens (including phenoxy) is 3. The molecule has 1 fully saturated rings. The average molecular weight is 520 g/mol. The van der Waals surface area contributed by atoms with Gasteiger partial charge in [-0.2, -0.15) is 9.30 Å². The molecule has 9 nitrogen and oxygen atoms in total. The van der Waals surface area contributed by atoms with Crippen molar-refractivity contribution in [2.75, 3.05) is 41.0 Å². The topological polar surface area (TPSA) is 99.4 Å². The van der Waals surface area contributed by atoms with E-state index in [1.807, 2.05) is 22.8 Å². The molecule has 2 heterocycles. The molecule has 0 spiro atoms. The van der Waals surface area contributed by atoms with Crippen LogP contribution in [0.2, 0.25) is 0 Å². The molecule has 1 aliphatic rings. The summed E-state index contributed by atoms with van der Waals surface area (Å²) in [5.41, 5.74) is 1.23. The zero-order valence-corrected chi connectivity index (χ0v) is 21.6. The number of thiazole rings is 1. The van der Waals surface area contributed by atoms with Crippen LogP contribution in [-0.2, 0) is 26.0 Å². The number of amides is 1. The zero-order chi connectivity index (χ0) is 25.0. The minimum Gasteiger partial charge on any atom is -0.497 e. The molecule has 1 atom stereocenters. The van der Waals surface area contributed by atoms with Crippen molar-refractivity contribution >= 4 is 37.5 Å². The third kappa shape index (κ3) is 5.65. The van der Waals surface area contributed by atoms with Crippen molar-refractivity contribution in [1.82, 2.24) is 8.87 Å². The lowest BCUT2D eigenvalue weighted by atomic mass is 10.2. The molecular weight excluding hydrogens is 490 g/mol. The fourth-order valence-corrected chi connectivity index (χ4v) is 6.22. The number of carbonyl (C=O) groups excluding carboxylic acids is 1. The van der Waals surface area contributed by atoms with Crippen LogP contribution in [-0.4, -0.2) is 70.3 Å². The summed E-state index contributed by atoms with van der Waals surface area (Å²) in [7, 11) is 1.08. The first-order chi connectivity index (χ1) is 16.8. The van der Waals surface area contributed by atoms with Crippen molar-refractivity contribution in [2.24, 2.45) is 4.99 Å². The van der Waals surface area contributed by atoms with Gasteiger partial charge in [0.1, 0.15) is 5.75 Å². The van der Waals surface area contributed by atoms with Gasteiger partial charge in [0.15, 0.2) is 4.80 Å². The number of carbonyl (C=O) groups is 1. The number of hydrogen-bond donors (Lipinski definition) is 0. The van der Waals surface area contributed by atoms with Crippen molar-refractivity contribution in [1.29, 1.82) is 0 Å². The van der Waals surface area contributed by atoms with E-state index in [0.29, 0.717) is 36.7 Å². The second kappa shape index (κ2) is 11.0. The van der Waals surface area contributed by atoms with E-state index in [2.05, 4.69) is 4.99 Å². The van der Waals surface area contributed by atoms with Crippen LogP contribution >= 0.6 is 11.3 Å². The summed E-state index contributed by atoms with van der Waals surface area (Å²) in [5, 5.41) is 0. The molecule has 188 valence electrons. The maximum atomic E-state index is 13.0. The van der Waals surface area contributed by atoms with Gasteiger partial charge < -0.3 is 18.8 Å². The minimum absolute atomic E-state index is 0.0829. The summed E-state index contributed by atoms with van der Waals surface area (Å²) in [5.74, 6) is 0.267. The molecule has 1 aromatic heterocycles. The number of nitrogens with zero attached hydrogens (tertiary/aromatic N) is 3. The normalized spacial score (nSPS) is 16.9. The molecule has 0 bridgehead atoms. The lowest BCUT2D eigenvalue weighted by Crippen LogP contribution is -2.34. The minimum atomic E-state index is -3.69. The molecule has 35 heavy (non-hydrogen) atoms. The Labute approximate surface area is 208 Å². The molecule has 1 amide bonds. The van der Waals surface area contributed by atoms with E-state index >= 15 is 0 Å². The van der Waals surface area contributed by atoms with E-state index in [0.717, 1.165) is 28.8 Å². The van der Waals surface area contributed by atoms with E-state index < -0.39 is 15.9 Å². The Morgan fingerprint density at radius 3 is 2.66 bits per heavy atom. The summed E-state index contributed by atoms with van der Waals surface area (Å²) >= 11 is 1.38. The number of benzene rings is 2. The third-order valence-corrected chi connectivity index (χ3v) is 8.78. The van der Waals surface area contributed by atoms with Gasteiger partial charge in [-0.3, -0.25) is 4.79 Å². The fraction of sp³-hybridized carbons (Fsp3) is 0.417. The zero-order valence-electron chi connectivity index (χ0n) is 20.0. The second-order valence-electron chi connectivity index (χ2n) is 8.22. The van der Waals surface area contributed by atoms with Crippen molar-refractivity contribution in [3.8, 4) is 5.75 Å². The van der Waals surface area contributed by atoms with Crippen molar-refractivity contribution in [3.05, 3.63) is 52.8 Å². The number of aromatic nitrogens is 1. The maximum Gasteiger partial charge on any atom is 0.279 e. The Bertz CT molecular complexity index is 1360. The van der Waals surface area contributed by atoms with Crippen LogP contribution in [0.15, 0.2) is 52.4 Å². The predicted molar refractivity (Wildman–Crippen MR) is 133 cm³/mol. The van der Waals surface area contributed by atoms with Crippen LogP contribution in [0, 0.1) is 0 Å². The summed E-state index contributed by atoms with van der Waals surface area (Å²) in [6, 6.07) is 11.6. The highest BCUT2D eigenvalue weighted by Gasteiger charge is 2.26. The van der Waals surface area contributed by atoms with E-state index in [4.69, 9.17) is 14.2 Å². The molecule has 11 heteroatoms. The summed E-state index contributed by atoms with van der Waals surface area (Å²) in [4.78, 5) is 18.0. The Hall–Kier alpha value is -2.57. The van der Waals surface area contributed by atoms with Gasteiger partial charge in [-0.05, 0) is 55.3 Å². The van der Waals surface area contributed by atoms with Crippen molar-refractivity contribution < 1.29 is 27.4 Å². The molecule has 1 saturated heterocycles. The van der Waals surface area contributed by atoms with E-state index in [1.165, 1.54) is 39.9 Å². The van der Waals surface area contributed by atoms with Crippen molar-refractivity contribution in [3.63, 3.8) is 0 Å². The lowest BCUT2D eigenvalue weighted by Gasteiger charge is -2.20. The van der Waals surface area contributed by atoms with Gasteiger partial charge in [-0.1, -0.05) is 11.3 Å². The Kier molecular flexibility index (Phi) is 8.02. The van der Waals surface area contributed by atoms with E-state index in [-0.39, 0.29) is 11.0 Å². The molecule has 3 aromatic rings. The summed E-state index contributed by atoms with van der Waals surface area (Å²) in [6.45, 7) is 1.96. The van der Waals surface area contributed by atoms with Crippen molar-refractivity contribution in [2.45, 2.75) is 30.4 Å². The van der Waals surface area contributed by atoms with Crippen LogP contribution in [0.5, 0.6) is 5.75 Å². The first-order valence-electron chi connectivity index (χ1n) is 11.3. The number of likely N-dealkylation sites (N-methyl/N-ethyl adjacent to an activating group) is 1. The fourth-order valence-electron chi connectivity index (χ4n) is 3.94. The Morgan fingerprint density at radius 2 is 2.00 bits per heavy atom.